The van der Waals surface area contributed by atoms with Gasteiger partial charge in [0.1, 0.15) is 6.10 Å². The van der Waals surface area contributed by atoms with Crippen LogP contribution in [-0.2, 0) is 11.8 Å². The van der Waals surface area contributed by atoms with E-state index in [9.17, 15) is 4.79 Å². The lowest BCUT2D eigenvalue weighted by Gasteiger charge is -2.30. The molecule has 6 nitrogen and oxygen atoms in total. The highest BCUT2D eigenvalue weighted by atomic mass is 16.5. The number of carbonyl (C=O) groups is 1. The van der Waals surface area contributed by atoms with Gasteiger partial charge in [0.05, 0.1) is 23.7 Å². The molecule has 3 aromatic rings. The van der Waals surface area contributed by atoms with Crippen molar-refractivity contribution in [1.29, 1.82) is 0 Å². The van der Waals surface area contributed by atoms with Gasteiger partial charge in [-0.3, -0.25) is 9.78 Å². The Morgan fingerprint density at radius 1 is 1.32 bits per heavy atom. The fourth-order valence-corrected chi connectivity index (χ4v) is 3.38. The molecule has 128 valence electrons. The van der Waals surface area contributed by atoms with Gasteiger partial charge in [-0.1, -0.05) is 12.1 Å². The molecule has 0 bridgehead atoms. The van der Waals surface area contributed by atoms with E-state index in [1.165, 1.54) is 0 Å². The zero-order valence-electron chi connectivity index (χ0n) is 14.1. The highest BCUT2D eigenvalue weighted by molar-refractivity contribution is 6.06. The molecule has 1 aliphatic heterocycles. The summed E-state index contributed by atoms with van der Waals surface area (Å²) in [4.78, 5) is 21.3. The van der Waals surface area contributed by atoms with Crippen LogP contribution in [0.15, 0.2) is 49.1 Å². The van der Waals surface area contributed by atoms with E-state index in [1.807, 2.05) is 48.1 Å². The van der Waals surface area contributed by atoms with Crippen LogP contribution in [-0.4, -0.2) is 33.1 Å². The third-order valence-electron chi connectivity index (χ3n) is 4.69. The molecule has 2 atom stereocenters. The van der Waals surface area contributed by atoms with Crippen molar-refractivity contribution in [1.82, 2.24) is 19.9 Å². The van der Waals surface area contributed by atoms with Crippen LogP contribution in [0, 0.1) is 0 Å². The topological polar surface area (TPSA) is 69.0 Å². The molecule has 6 heteroatoms. The molecule has 0 unspecified atom stereocenters. The summed E-state index contributed by atoms with van der Waals surface area (Å²) in [5.74, 6) is -0.0609. The van der Waals surface area contributed by atoms with E-state index in [-0.39, 0.29) is 18.1 Å². The van der Waals surface area contributed by atoms with Gasteiger partial charge in [-0.25, -0.2) is 4.98 Å². The molecule has 1 fully saturated rings. The van der Waals surface area contributed by atoms with Crippen LogP contribution in [0.3, 0.4) is 0 Å². The van der Waals surface area contributed by atoms with Crippen LogP contribution in [0.2, 0.25) is 0 Å². The second-order valence-corrected chi connectivity index (χ2v) is 6.36. The molecule has 0 spiro atoms. The standard InChI is InChI=1S/C19H20N4O2/c1-23-12-20-11-17(23)18-10-13(7-9-25-18)22-19(24)15-4-2-6-16-14(15)5-3-8-21-16/h2-6,8,11-13,18H,7,9-10H2,1H3,(H,22,24)/t13-,18+/m0/s1. The zero-order valence-corrected chi connectivity index (χ0v) is 14.1. The van der Waals surface area contributed by atoms with Crippen molar-refractivity contribution in [3.8, 4) is 0 Å². The molecule has 2 aromatic heterocycles. The smallest absolute Gasteiger partial charge is 0.252 e. The number of benzene rings is 1. The van der Waals surface area contributed by atoms with Crippen molar-refractivity contribution >= 4 is 16.8 Å². The number of ether oxygens (including phenoxy) is 1. The Balaban J connectivity index is 1.51. The first-order valence-corrected chi connectivity index (χ1v) is 8.45. The molecule has 1 aromatic carbocycles. The van der Waals surface area contributed by atoms with Gasteiger partial charge in [0.25, 0.3) is 5.91 Å². The number of hydrogen-bond donors (Lipinski definition) is 1. The summed E-state index contributed by atoms with van der Waals surface area (Å²) >= 11 is 0. The maximum absolute atomic E-state index is 12.8. The van der Waals surface area contributed by atoms with Crippen LogP contribution in [0.5, 0.6) is 0 Å². The van der Waals surface area contributed by atoms with Gasteiger partial charge >= 0.3 is 0 Å². The van der Waals surface area contributed by atoms with E-state index in [1.54, 1.807) is 12.5 Å². The number of imidazole rings is 1. The molecule has 1 saturated heterocycles. The summed E-state index contributed by atoms with van der Waals surface area (Å²) in [5, 5.41) is 4.04. The van der Waals surface area contributed by atoms with Crippen molar-refractivity contribution < 1.29 is 9.53 Å². The Hall–Kier alpha value is -2.73. The number of pyridine rings is 1. The Labute approximate surface area is 145 Å². The number of rotatable bonds is 3. The lowest BCUT2D eigenvalue weighted by Crippen LogP contribution is -2.40. The molecule has 3 heterocycles. The number of amides is 1. The van der Waals surface area contributed by atoms with Crippen LogP contribution in [0.4, 0.5) is 0 Å². The van der Waals surface area contributed by atoms with Crippen molar-refractivity contribution in [3.05, 3.63) is 60.3 Å². The Bertz CT molecular complexity index is 900. The first-order chi connectivity index (χ1) is 12.2. The first-order valence-electron chi connectivity index (χ1n) is 8.45. The summed E-state index contributed by atoms with van der Waals surface area (Å²) < 4.78 is 7.83. The van der Waals surface area contributed by atoms with Crippen molar-refractivity contribution in [2.45, 2.75) is 25.0 Å². The monoisotopic (exact) mass is 336 g/mol. The van der Waals surface area contributed by atoms with Gasteiger partial charge in [0.15, 0.2) is 0 Å². The lowest BCUT2D eigenvalue weighted by atomic mass is 10.00. The average molecular weight is 336 g/mol. The van der Waals surface area contributed by atoms with Crippen LogP contribution in [0.25, 0.3) is 10.9 Å². The molecule has 1 N–H and O–H groups in total. The number of aryl methyl sites for hydroxylation is 1. The third kappa shape index (κ3) is 3.13. The van der Waals surface area contributed by atoms with Gasteiger partial charge in [0.2, 0.25) is 0 Å². The molecular weight excluding hydrogens is 316 g/mol. The van der Waals surface area contributed by atoms with Gasteiger partial charge in [-0.2, -0.15) is 0 Å². The van der Waals surface area contributed by atoms with E-state index in [0.29, 0.717) is 12.2 Å². The summed E-state index contributed by atoms with van der Waals surface area (Å²) in [5.41, 5.74) is 2.53. The van der Waals surface area contributed by atoms with Gasteiger partial charge in [-0.05, 0) is 31.0 Å². The normalized spacial score (nSPS) is 20.5. The van der Waals surface area contributed by atoms with Crippen LogP contribution >= 0.6 is 0 Å². The quantitative estimate of drug-likeness (QED) is 0.798. The summed E-state index contributed by atoms with van der Waals surface area (Å²) in [7, 11) is 1.96. The maximum atomic E-state index is 12.8. The third-order valence-corrected chi connectivity index (χ3v) is 4.69. The largest absolute Gasteiger partial charge is 0.372 e. The molecule has 0 aliphatic carbocycles. The lowest BCUT2D eigenvalue weighted by molar-refractivity contribution is -0.00300. The molecular formula is C19H20N4O2. The number of aromatic nitrogens is 3. The van der Waals surface area contributed by atoms with Crippen molar-refractivity contribution in [3.63, 3.8) is 0 Å². The number of nitrogens with one attached hydrogen (secondary N) is 1. The van der Waals surface area contributed by atoms with Gasteiger partial charge < -0.3 is 14.6 Å². The molecule has 4 rings (SSSR count). The molecule has 1 amide bonds. The summed E-state index contributed by atoms with van der Waals surface area (Å²) in [6.45, 7) is 0.623. The van der Waals surface area contributed by atoms with E-state index >= 15 is 0 Å². The first kappa shape index (κ1) is 15.8. The number of nitrogens with zero attached hydrogens (tertiary/aromatic N) is 3. The average Bonchev–Trinajstić information content (AvgIpc) is 3.07. The van der Waals surface area contributed by atoms with E-state index < -0.39 is 0 Å². The predicted octanol–water partition coefficient (Wildman–Crippen LogP) is 2.62. The van der Waals surface area contributed by atoms with Gasteiger partial charge in [0, 0.05) is 36.8 Å². The minimum absolute atomic E-state index is 0.0410. The van der Waals surface area contributed by atoms with Crippen molar-refractivity contribution in [2.24, 2.45) is 7.05 Å². The van der Waals surface area contributed by atoms with E-state index in [0.717, 1.165) is 29.4 Å². The Morgan fingerprint density at radius 2 is 2.24 bits per heavy atom. The minimum atomic E-state index is -0.0609. The number of carbonyl (C=O) groups excluding carboxylic acids is 1. The second-order valence-electron chi connectivity index (χ2n) is 6.36. The SMILES string of the molecule is Cn1cncc1[C@H]1C[C@@H](NC(=O)c2cccc3ncccc23)CCO1. The fraction of sp³-hybridized carbons (Fsp3) is 0.316. The Kier molecular flexibility index (Phi) is 4.19. The zero-order chi connectivity index (χ0) is 17.2. The number of fused-ring (bicyclic) bond motifs is 1. The van der Waals surface area contributed by atoms with Gasteiger partial charge in [-0.15, -0.1) is 0 Å². The predicted molar refractivity (Wildman–Crippen MR) is 94.1 cm³/mol. The van der Waals surface area contributed by atoms with Crippen LogP contribution in [0.1, 0.15) is 35.0 Å². The summed E-state index contributed by atoms with van der Waals surface area (Å²) in [6.07, 6.45) is 6.84. The maximum Gasteiger partial charge on any atom is 0.252 e. The molecule has 25 heavy (non-hydrogen) atoms. The molecule has 1 aliphatic rings. The second kappa shape index (κ2) is 6.64. The molecule has 0 saturated carbocycles. The van der Waals surface area contributed by atoms with E-state index in [2.05, 4.69) is 15.3 Å². The summed E-state index contributed by atoms with van der Waals surface area (Å²) in [6, 6.07) is 9.49. The highest BCUT2D eigenvalue weighted by Crippen LogP contribution is 2.28. The minimum Gasteiger partial charge on any atom is -0.372 e. The van der Waals surface area contributed by atoms with E-state index in [4.69, 9.17) is 4.74 Å². The van der Waals surface area contributed by atoms with Crippen molar-refractivity contribution in [2.75, 3.05) is 6.61 Å². The van der Waals surface area contributed by atoms with Crippen LogP contribution < -0.4 is 5.32 Å². The molecule has 0 radical (unpaired) electrons. The Morgan fingerprint density at radius 3 is 3.08 bits per heavy atom. The number of hydrogen-bond acceptors (Lipinski definition) is 4. The fourth-order valence-electron chi connectivity index (χ4n) is 3.38. The highest BCUT2D eigenvalue weighted by Gasteiger charge is 2.27.